The molecule has 0 radical (unpaired) electrons. The lowest BCUT2D eigenvalue weighted by Gasteiger charge is -2.57. The Morgan fingerprint density at radius 3 is 2.88 bits per heavy atom. The molecule has 1 aromatic carbocycles. The van der Waals surface area contributed by atoms with Crippen molar-refractivity contribution in [3.63, 3.8) is 0 Å². The van der Waals surface area contributed by atoms with E-state index in [4.69, 9.17) is 4.74 Å². The normalized spacial score (nSPS) is 34.4. The number of esters is 1. The molecule has 25 heavy (non-hydrogen) atoms. The number of methoxy groups -OCH3 is 1. The van der Waals surface area contributed by atoms with E-state index in [-0.39, 0.29) is 17.9 Å². The van der Waals surface area contributed by atoms with Gasteiger partial charge in [-0.15, -0.1) is 0 Å². The molecule has 6 rings (SSSR count). The third-order valence-electron chi connectivity index (χ3n) is 6.83. The number of nitrogens with zero attached hydrogens (tertiary/aromatic N) is 2. The Morgan fingerprint density at radius 1 is 1.32 bits per heavy atom. The molecule has 4 aliphatic heterocycles. The van der Waals surface area contributed by atoms with Gasteiger partial charge in [0.05, 0.1) is 19.1 Å². The topological polar surface area (TPSA) is 34.5 Å². The average molecular weight is 336 g/mol. The molecule has 3 saturated heterocycles. The molecule has 0 saturated carbocycles. The van der Waals surface area contributed by atoms with Gasteiger partial charge in [0.25, 0.3) is 0 Å². The molecule has 0 N–H and O–H groups in total. The van der Waals surface area contributed by atoms with Gasteiger partial charge < -0.3 is 9.30 Å². The number of aromatic nitrogens is 1. The van der Waals surface area contributed by atoms with Gasteiger partial charge in [0.1, 0.15) is 0 Å². The van der Waals surface area contributed by atoms with E-state index < -0.39 is 0 Å². The van der Waals surface area contributed by atoms with Crippen molar-refractivity contribution < 1.29 is 9.53 Å². The number of rotatable bonds is 1. The van der Waals surface area contributed by atoms with Gasteiger partial charge in [-0.25, -0.2) is 0 Å². The SMILES string of the molecule is C/C=C1\CN2C3Cc4c(n(C)c5ccccc45)[C@@H]2C[C@@H]1C3C(=O)OC. The summed E-state index contributed by atoms with van der Waals surface area (Å²) in [6.07, 6.45) is 4.18. The number of para-hydroxylation sites is 1. The summed E-state index contributed by atoms with van der Waals surface area (Å²) in [7, 11) is 3.72. The zero-order chi connectivity index (χ0) is 17.3. The number of piperidine rings is 3. The van der Waals surface area contributed by atoms with Crippen LogP contribution in [-0.2, 0) is 23.0 Å². The summed E-state index contributed by atoms with van der Waals surface area (Å²) in [5, 5.41) is 1.35. The van der Waals surface area contributed by atoms with Crippen LogP contribution in [0.2, 0.25) is 0 Å². The van der Waals surface area contributed by atoms with Crippen LogP contribution in [0, 0.1) is 11.8 Å². The first kappa shape index (κ1) is 15.2. The van der Waals surface area contributed by atoms with Crippen LogP contribution in [0.15, 0.2) is 35.9 Å². The first-order chi connectivity index (χ1) is 12.2. The Labute approximate surface area is 148 Å². The summed E-state index contributed by atoms with van der Waals surface area (Å²) in [4.78, 5) is 15.2. The minimum absolute atomic E-state index is 0.0340. The zero-order valence-electron chi connectivity index (χ0n) is 15.0. The van der Waals surface area contributed by atoms with E-state index in [2.05, 4.69) is 53.8 Å². The number of carbonyl (C=O) groups excluding carboxylic acids is 1. The lowest BCUT2D eigenvalue weighted by Crippen LogP contribution is -2.62. The van der Waals surface area contributed by atoms with Gasteiger partial charge in [0.15, 0.2) is 0 Å². The Bertz CT molecular complexity index is 910. The molecular formula is C21H24N2O2. The van der Waals surface area contributed by atoms with Crippen molar-refractivity contribution in [2.24, 2.45) is 18.9 Å². The second-order valence-electron chi connectivity index (χ2n) is 7.65. The molecule has 130 valence electrons. The number of hydrogen-bond acceptors (Lipinski definition) is 3. The Morgan fingerprint density at radius 2 is 2.12 bits per heavy atom. The van der Waals surface area contributed by atoms with Crippen molar-refractivity contribution in [3.05, 3.63) is 47.2 Å². The van der Waals surface area contributed by atoms with Gasteiger partial charge in [0, 0.05) is 36.2 Å². The zero-order valence-corrected chi connectivity index (χ0v) is 15.0. The van der Waals surface area contributed by atoms with Crippen molar-refractivity contribution in [3.8, 4) is 0 Å². The first-order valence-electron chi connectivity index (χ1n) is 9.20. The summed E-state index contributed by atoms with van der Waals surface area (Å²) in [5.41, 5.74) is 5.62. The van der Waals surface area contributed by atoms with Crippen LogP contribution in [0.3, 0.4) is 0 Å². The quantitative estimate of drug-likeness (QED) is 0.592. The molecule has 3 unspecified atom stereocenters. The number of ether oxygens (including phenoxy) is 1. The highest BCUT2D eigenvalue weighted by Crippen LogP contribution is 2.54. The third kappa shape index (κ3) is 1.83. The maximum atomic E-state index is 12.6. The maximum Gasteiger partial charge on any atom is 0.310 e. The molecule has 2 aromatic rings. The predicted molar refractivity (Wildman–Crippen MR) is 97.2 cm³/mol. The van der Waals surface area contributed by atoms with E-state index in [1.54, 1.807) is 0 Å². The van der Waals surface area contributed by atoms with Crippen LogP contribution in [0.25, 0.3) is 10.9 Å². The van der Waals surface area contributed by atoms with E-state index in [0.29, 0.717) is 12.0 Å². The van der Waals surface area contributed by atoms with Crippen molar-refractivity contribution in [2.75, 3.05) is 13.7 Å². The average Bonchev–Trinajstić information content (AvgIpc) is 2.93. The summed E-state index contributed by atoms with van der Waals surface area (Å²) < 4.78 is 7.59. The largest absolute Gasteiger partial charge is 0.469 e. The fourth-order valence-corrected chi connectivity index (χ4v) is 5.78. The van der Waals surface area contributed by atoms with Crippen molar-refractivity contribution in [2.45, 2.75) is 31.8 Å². The molecule has 4 nitrogen and oxygen atoms in total. The molecule has 1 aromatic heterocycles. The molecule has 5 atom stereocenters. The molecular weight excluding hydrogens is 312 g/mol. The van der Waals surface area contributed by atoms with E-state index in [1.807, 2.05) is 0 Å². The number of hydrogen-bond donors (Lipinski definition) is 0. The van der Waals surface area contributed by atoms with Crippen molar-refractivity contribution >= 4 is 16.9 Å². The summed E-state index contributed by atoms with van der Waals surface area (Å²) in [5.74, 6) is 0.248. The Kier molecular flexibility index (Phi) is 3.17. The lowest BCUT2D eigenvalue weighted by molar-refractivity contribution is -0.157. The minimum Gasteiger partial charge on any atom is -0.469 e. The van der Waals surface area contributed by atoms with Crippen molar-refractivity contribution in [1.29, 1.82) is 0 Å². The van der Waals surface area contributed by atoms with Crippen molar-refractivity contribution in [1.82, 2.24) is 9.47 Å². The first-order valence-corrected chi connectivity index (χ1v) is 9.20. The third-order valence-corrected chi connectivity index (χ3v) is 6.83. The van der Waals surface area contributed by atoms with Gasteiger partial charge in [-0.2, -0.15) is 0 Å². The summed E-state index contributed by atoms with van der Waals surface area (Å²) in [6.45, 7) is 3.09. The van der Waals surface area contributed by atoms with Gasteiger partial charge in [-0.3, -0.25) is 9.69 Å². The molecule has 4 heteroatoms. The van der Waals surface area contributed by atoms with Gasteiger partial charge in [-0.05, 0) is 37.3 Å². The van der Waals surface area contributed by atoms with Gasteiger partial charge >= 0.3 is 5.97 Å². The molecule has 0 aliphatic carbocycles. The summed E-state index contributed by atoms with van der Waals surface area (Å²) >= 11 is 0. The van der Waals surface area contributed by atoms with Crippen LogP contribution < -0.4 is 0 Å². The van der Waals surface area contributed by atoms with Crippen LogP contribution in [0.4, 0.5) is 0 Å². The molecule has 0 amide bonds. The molecule has 5 heterocycles. The maximum absolute atomic E-state index is 12.6. The fraction of sp³-hybridized carbons (Fsp3) is 0.476. The number of benzene rings is 1. The monoisotopic (exact) mass is 336 g/mol. The van der Waals surface area contributed by atoms with E-state index >= 15 is 0 Å². The number of fused-ring (bicyclic) bond motifs is 4. The predicted octanol–water partition coefficient (Wildman–Crippen LogP) is 3.22. The van der Waals surface area contributed by atoms with Crippen LogP contribution in [0.1, 0.15) is 30.6 Å². The van der Waals surface area contributed by atoms with Crippen LogP contribution in [0.5, 0.6) is 0 Å². The molecule has 3 fully saturated rings. The van der Waals surface area contributed by atoms with E-state index in [0.717, 1.165) is 19.4 Å². The standard InChI is InChI=1S/C21H24N2O2/c1-4-12-11-23-17-10-15-13-7-5-6-8-16(13)22(2)20(15)18(23)9-14(12)19(17)21(24)25-3/h4-8,14,17-19H,9-11H2,1-3H3/b12-4+/t14-,17?,18-,19?/m0/s1. The number of aryl methyl sites for hydroxylation is 1. The lowest BCUT2D eigenvalue weighted by atomic mass is 9.64. The van der Waals surface area contributed by atoms with E-state index in [9.17, 15) is 4.79 Å². The van der Waals surface area contributed by atoms with E-state index in [1.165, 1.54) is 34.8 Å². The Hall–Kier alpha value is -2.07. The minimum atomic E-state index is -0.0406. The highest BCUT2D eigenvalue weighted by molar-refractivity contribution is 5.86. The fourth-order valence-electron chi connectivity index (χ4n) is 5.78. The molecule has 4 bridgehead atoms. The second-order valence-corrected chi connectivity index (χ2v) is 7.65. The van der Waals surface area contributed by atoms with Crippen LogP contribution >= 0.6 is 0 Å². The van der Waals surface area contributed by atoms with Crippen LogP contribution in [-0.4, -0.2) is 35.1 Å². The summed E-state index contributed by atoms with van der Waals surface area (Å²) in [6, 6.07) is 9.35. The van der Waals surface area contributed by atoms with Gasteiger partial charge in [-0.1, -0.05) is 29.8 Å². The highest BCUT2D eigenvalue weighted by atomic mass is 16.5. The van der Waals surface area contributed by atoms with Gasteiger partial charge in [0.2, 0.25) is 0 Å². The number of carbonyl (C=O) groups is 1. The molecule has 4 aliphatic rings. The highest BCUT2D eigenvalue weighted by Gasteiger charge is 2.55. The Balaban J connectivity index is 1.71. The molecule has 0 spiro atoms. The second kappa shape index (κ2) is 5.21. The smallest absolute Gasteiger partial charge is 0.310 e. The number of allylic oxidation sites excluding steroid dienone is 1.